The number of guanidine groups is 1. The molecule has 1 aromatic carbocycles. The fourth-order valence-electron chi connectivity index (χ4n) is 1.67. The number of benzene rings is 1. The van der Waals surface area contributed by atoms with Crippen molar-refractivity contribution in [2.75, 3.05) is 33.2 Å². The number of hydrogen-bond acceptors (Lipinski definition) is 2. The average Bonchev–Trinajstić information content (AvgIpc) is 2.44. The van der Waals surface area contributed by atoms with Gasteiger partial charge in [0.25, 0.3) is 0 Å². The molecule has 112 valence electrons. The van der Waals surface area contributed by atoms with E-state index >= 15 is 0 Å². The van der Waals surface area contributed by atoms with E-state index in [0.717, 1.165) is 37.7 Å². The molecule has 2 N–H and O–H groups in total. The lowest BCUT2D eigenvalue weighted by Crippen LogP contribution is -2.40. The molecule has 0 aliphatic heterocycles. The number of halogens is 1. The highest BCUT2D eigenvalue weighted by molar-refractivity contribution is 5.79. The molecule has 0 aliphatic rings. The molecular formula is C15H25FN4. The van der Waals surface area contributed by atoms with Crippen LogP contribution in [0.3, 0.4) is 0 Å². The molecule has 0 aliphatic carbocycles. The van der Waals surface area contributed by atoms with Gasteiger partial charge in [-0.3, -0.25) is 0 Å². The van der Waals surface area contributed by atoms with Crippen LogP contribution in [0.4, 0.5) is 4.39 Å². The first kappa shape index (κ1) is 16.4. The van der Waals surface area contributed by atoms with E-state index in [-0.39, 0.29) is 5.82 Å². The Kier molecular flexibility index (Phi) is 7.65. The maximum atomic E-state index is 13.1. The van der Waals surface area contributed by atoms with E-state index in [2.05, 4.69) is 34.5 Å². The standard InChI is InChI=1S/C15H25FN4/c1-4-17-15(18-9-10-20(3)5-2)19-12-13-7-6-8-14(16)11-13/h6-8,11H,4-5,9-10,12H2,1-3H3,(H2,17,18,19). The second-order valence-electron chi connectivity index (χ2n) is 4.65. The van der Waals surface area contributed by atoms with Gasteiger partial charge in [-0.25, -0.2) is 9.38 Å². The Labute approximate surface area is 121 Å². The van der Waals surface area contributed by atoms with Crippen molar-refractivity contribution < 1.29 is 4.39 Å². The molecule has 0 heterocycles. The van der Waals surface area contributed by atoms with Crippen LogP contribution < -0.4 is 10.6 Å². The third-order valence-corrected chi connectivity index (χ3v) is 2.98. The van der Waals surface area contributed by atoms with Gasteiger partial charge < -0.3 is 15.5 Å². The fourth-order valence-corrected chi connectivity index (χ4v) is 1.67. The highest BCUT2D eigenvalue weighted by Crippen LogP contribution is 2.04. The molecule has 0 amide bonds. The zero-order valence-electron chi connectivity index (χ0n) is 12.6. The lowest BCUT2D eigenvalue weighted by molar-refractivity contribution is 0.357. The molecule has 0 radical (unpaired) electrons. The summed E-state index contributed by atoms with van der Waals surface area (Å²) in [5.74, 6) is 0.543. The van der Waals surface area contributed by atoms with Gasteiger partial charge in [-0.05, 0) is 38.2 Å². The van der Waals surface area contributed by atoms with E-state index in [0.29, 0.717) is 6.54 Å². The van der Waals surface area contributed by atoms with Crippen molar-refractivity contribution in [3.8, 4) is 0 Å². The second kappa shape index (κ2) is 9.31. The van der Waals surface area contributed by atoms with Crippen molar-refractivity contribution in [2.24, 2.45) is 4.99 Å². The van der Waals surface area contributed by atoms with E-state index in [9.17, 15) is 4.39 Å². The number of rotatable bonds is 7. The van der Waals surface area contributed by atoms with Gasteiger partial charge in [0.15, 0.2) is 5.96 Å². The minimum Gasteiger partial charge on any atom is -0.357 e. The molecule has 0 atom stereocenters. The van der Waals surface area contributed by atoms with Crippen LogP contribution in [0.2, 0.25) is 0 Å². The third-order valence-electron chi connectivity index (χ3n) is 2.98. The number of nitrogens with zero attached hydrogens (tertiary/aromatic N) is 2. The molecule has 0 unspecified atom stereocenters. The van der Waals surface area contributed by atoms with Crippen LogP contribution in [-0.4, -0.2) is 44.1 Å². The van der Waals surface area contributed by atoms with E-state index < -0.39 is 0 Å². The Hall–Kier alpha value is -1.62. The third kappa shape index (κ3) is 6.52. The minimum atomic E-state index is -0.222. The van der Waals surface area contributed by atoms with E-state index in [1.807, 2.05) is 13.0 Å². The molecule has 20 heavy (non-hydrogen) atoms. The number of nitrogens with one attached hydrogen (secondary N) is 2. The maximum absolute atomic E-state index is 13.1. The van der Waals surface area contributed by atoms with Gasteiger partial charge in [-0.1, -0.05) is 19.1 Å². The van der Waals surface area contributed by atoms with Crippen molar-refractivity contribution in [1.29, 1.82) is 0 Å². The summed E-state index contributed by atoms with van der Waals surface area (Å²) in [6.07, 6.45) is 0. The van der Waals surface area contributed by atoms with Gasteiger partial charge in [-0.2, -0.15) is 0 Å². The van der Waals surface area contributed by atoms with Gasteiger partial charge in [0, 0.05) is 19.6 Å². The quantitative estimate of drug-likeness (QED) is 0.591. The van der Waals surface area contributed by atoms with Crippen molar-refractivity contribution in [3.63, 3.8) is 0 Å². The Bertz CT molecular complexity index is 420. The van der Waals surface area contributed by atoms with Gasteiger partial charge in [0.05, 0.1) is 6.54 Å². The van der Waals surface area contributed by atoms with E-state index in [4.69, 9.17) is 0 Å². The smallest absolute Gasteiger partial charge is 0.191 e. The topological polar surface area (TPSA) is 39.7 Å². The highest BCUT2D eigenvalue weighted by atomic mass is 19.1. The molecule has 1 aromatic rings. The highest BCUT2D eigenvalue weighted by Gasteiger charge is 1.99. The van der Waals surface area contributed by atoms with Crippen LogP contribution in [-0.2, 0) is 6.54 Å². The molecule has 4 nitrogen and oxygen atoms in total. The summed E-state index contributed by atoms with van der Waals surface area (Å²) in [6, 6.07) is 6.53. The summed E-state index contributed by atoms with van der Waals surface area (Å²) in [5, 5.41) is 6.46. The van der Waals surface area contributed by atoms with Crippen LogP contribution in [0.1, 0.15) is 19.4 Å². The first-order valence-electron chi connectivity index (χ1n) is 7.10. The average molecular weight is 280 g/mol. The predicted molar refractivity (Wildman–Crippen MR) is 82.4 cm³/mol. The van der Waals surface area contributed by atoms with Gasteiger partial charge in [0.2, 0.25) is 0 Å². The van der Waals surface area contributed by atoms with Crippen LogP contribution in [0, 0.1) is 5.82 Å². The van der Waals surface area contributed by atoms with Gasteiger partial charge in [0.1, 0.15) is 5.82 Å². The Morgan fingerprint density at radius 2 is 2.10 bits per heavy atom. The Balaban J connectivity index is 2.49. The van der Waals surface area contributed by atoms with Crippen LogP contribution in [0.15, 0.2) is 29.3 Å². The van der Waals surface area contributed by atoms with E-state index in [1.165, 1.54) is 12.1 Å². The van der Waals surface area contributed by atoms with Crippen LogP contribution in [0.5, 0.6) is 0 Å². The van der Waals surface area contributed by atoms with Crippen molar-refractivity contribution in [2.45, 2.75) is 20.4 Å². The van der Waals surface area contributed by atoms with Crippen molar-refractivity contribution in [3.05, 3.63) is 35.6 Å². The molecule has 0 spiro atoms. The molecule has 0 bridgehead atoms. The summed E-state index contributed by atoms with van der Waals surface area (Å²) in [4.78, 5) is 6.68. The number of aliphatic imine (C=N–C) groups is 1. The Morgan fingerprint density at radius 1 is 1.30 bits per heavy atom. The second-order valence-corrected chi connectivity index (χ2v) is 4.65. The molecule has 0 fully saturated rings. The Morgan fingerprint density at radius 3 is 2.75 bits per heavy atom. The molecule has 0 saturated carbocycles. The lowest BCUT2D eigenvalue weighted by atomic mass is 10.2. The first-order chi connectivity index (χ1) is 9.65. The molecule has 0 saturated heterocycles. The zero-order valence-corrected chi connectivity index (χ0v) is 12.6. The fraction of sp³-hybridized carbons (Fsp3) is 0.533. The SMILES string of the molecule is CCNC(=NCc1cccc(F)c1)NCCN(C)CC. The summed E-state index contributed by atoms with van der Waals surface area (Å²) >= 11 is 0. The van der Waals surface area contributed by atoms with Crippen LogP contribution in [0.25, 0.3) is 0 Å². The van der Waals surface area contributed by atoms with Crippen LogP contribution >= 0.6 is 0 Å². The number of hydrogen-bond donors (Lipinski definition) is 2. The summed E-state index contributed by atoms with van der Waals surface area (Å²) < 4.78 is 13.1. The summed E-state index contributed by atoms with van der Waals surface area (Å²) in [6.45, 7) is 8.25. The van der Waals surface area contributed by atoms with E-state index in [1.54, 1.807) is 6.07 Å². The van der Waals surface area contributed by atoms with Crippen molar-refractivity contribution in [1.82, 2.24) is 15.5 Å². The normalized spacial score (nSPS) is 11.8. The monoisotopic (exact) mass is 280 g/mol. The van der Waals surface area contributed by atoms with Gasteiger partial charge in [-0.15, -0.1) is 0 Å². The summed E-state index contributed by atoms with van der Waals surface area (Å²) in [5.41, 5.74) is 0.868. The zero-order chi connectivity index (χ0) is 14.8. The molecule has 0 aromatic heterocycles. The maximum Gasteiger partial charge on any atom is 0.191 e. The number of likely N-dealkylation sites (N-methyl/N-ethyl adjacent to an activating group) is 1. The largest absolute Gasteiger partial charge is 0.357 e. The van der Waals surface area contributed by atoms with Gasteiger partial charge >= 0.3 is 0 Å². The minimum absolute atomic E-state index is 0.222. The predicted octanol–water partition coefficient (Wildman–Crippen LogP) is 1.83. The molecule has 5 heteroatoms. The van der Waals surface area contributed by atoms with Crippen molar-refractivity contribution >= 4 is 5.96 Å². The lowest BCUT2D eigenvalue weighted by Gasteiger charge is -2.16. The first-order valence-corrected chi connectivity index (χ1v) is 7.10. The summed E-state index contributed by atoms with van der Waals surface area (Å²) in [7, 11) is 2.08. The molecular weight excluding hydrogens is 255 g/mol. The molecule has 1 rings (SSSR count).